The molecular weight excluding hydrogens is 236 g/mol. The van der Waals surface area contributed by atoms with Gasteiger partial charge in [-0.3, -0.25) is 0 Å². The van der Waals surface area contributed by atoms with Gasteiger partial charge in [0.25, 0.3) is 0 Å². The summed E-state index contributed by atoms with van der Waals surface area (Å²) in [5, 5.41) is 9.90. The molecule has 2 unspecified atom stereocenters. The molecule has 0 aromatic rings. The minimum Gasteiger partial charge on any atom is -0.389 e. The van der Waals surface area contributed by atoms with Crippen molar-refractivity contribution >= 4 is 0 Å². The van der Waals surface area contributed by atoms with E-state index in [1.54, 1.807) is 0 Å². The second-order valence-electron chi connectivity index (χ2n) is 6.95. The van der Waals surface area contributed by atoms with Crippen molar-refractivity contribution < 1.29 is 5.11 Å². The lowest BCUT2D eigenvalue weighted by atomic mass is 9.95. The standard InChI is InChI=1S/C16H32N2O/c1-16(19,13-17)10-4-5-11-18-12-6-9-15(18)14-7-2-3-8-14/h14-15,19H,2-13,17H2,1H3. The molecule has 112 valence electrons. The third kappa shape index (κ3) is 4.44. The first-order valence-electron chi connectivity index (χ1n) is 8.29. The van der Waals surface area contributed by atoms with Crippen LogP contribution in [0.15, 0.2) is 0 Å². The average Bonchev–Trinajstić information content (AvgIpc) is 3.05. The highest BCUT2D eigenvalue weighted by Gasteiger charge is 2.32. The van der Waals surface area contributed by atoms with E-state index in [2.05, 4.69) is 4.90 Å². The molecular formula is C16H32N2O. The number of hydrogen-bond donors (Lipinski definition) is 2. The quantitative estimate of drug-likeness (QED) is 0.698. The van der Waals surface area contributed by atoms with E-state index in [0.717, 1.165) is 24.8 Å². The molecule has 1 saturated heterocycles. The molecule has 1 aliphatic heterocycles. The fraction of sp³-hybridized carbons (Fsp3) is 1.00. The molecule has 2 rings (SSSR count). The van der Waals surface area contributed by atoms with Gasteiger partial charge in [0.05, 0.1) is 5.60 Å². The zero-order chi connectivity index (χ0) is 13.7. The van der Waals surface area contributed by atoms with Crippen LogP contribution in [0.4, 0.5) is 0 Å². The Morgan fingerprint density at radius 3 is 2.58 bits per heavy atom. The molecule has 2 aliphatic rings. The number of rotatable bonds is 7. The summed E-state index contributed by atoms with van der Waals surface area (Å²) in [5.41, 5.74) is 4.90. The zero-order valence-corrected chi connectivity index (χ0v) is 12.6. The number of nitrogens with two attached hydrogens (primary N) is 1. The Kier molecular flexibility index (Phi) is 5.67. The molecule has 1 aliphatic carbocycles. The lowest BCUT2D eigenvalue weighted by Gasteiger charge is -2.29. The number of likely N-dealkylation sites (tertiary alicyclic amines) is 1. The molecule has 3 N–H and O–H groups in total. The van der Waals surface area contributed by atoms with Gasteiger partial charge in [-0.1, -0.05) is 12.8 Å². The number of aliphatic hydroxyl groups is 1. The van der Waals surface area contributed by atoms with Gasteiger partial charge in [-0.05, 0) is 70.9 Å². The smallest absolute Gasteiger partial charge is 0.0741 e. The molecule has 3 heteroatoms. The summed E-state index contributed by atoms with van der Waals surface area (Å²) in [6, 6.07) is 0.873. The topological polar surface area (TPSA) is 49.5 Å². The highest BCUT2D eigenvalue weighted by Crippen LogP contribution is 2.35. The highest BCUT2D eigenvalue weighted by atomic mass is 16.3. The van der Waals surface area contributed by atoms with Crippen molar-refractivity contribution in [3.05, 3.63) is 0 Å². The molecule has 2 fully saturated rings. The SMILES string of the molecule is CC(O)(CN)CCCCN1CCCC1C1CCCC1. The fourth-order valence-electron chi connectivity index (χ4n) is 3.93. The van der Waals surface area contributed by atoms with Gasteiger partial charge in [-0.15, -0.1) is 0 Å². The Balaban J connectivity index is 1.67. The first-order chi connectivity index (χ1) is 9.12. The van der Waals surface area contributed by atoms with Crippen LogP contribution in [0.2, 0.25) is 0 Å². The summed E-state index contributed by atoms with van der Waals surface area (Å²) in [4.78, 5) is 2.73. The Bertz CT molecular complexity index is 261. The summed E-state index contributed by atoms with van der Waals surface area (Å²) in [6.07, 6.45) is 11.8. The zero-order valence-electron chi connectivity index (χ0n) is 12.6. The normalized spacial score (nSPS) is 28.9. The van der Waals surface area contributed by atoms with E-state index in [4.69, 9.17) is 5.73 Å². The Morgan fingerprint density at radius 1 is 1.16 bits per heavy atom. The summed E-state index contributed by atoms with van der Waals surface area (Å²) >= 11 is 0. The molecule has 0 amide bonds. The van der Waals surface area contributed by atoms with Crippen LogP contribution in [0.1, 0.15) is 64.7 Å². The van der Waals surface area contributed by atoms with Crippen LogP contribution in [-0.2, 0) is 0 Å². The Hall–Kier alpha value is -0.120. The second-order valence-corrected chi connectivity index (χ2v) is 6.95. The maximum absolute atomic E-state index is 9.90. The van der Waals surface area contributed by atoms with E-state index in [9.17, 15) is 5.11 Å². The molecule has 0 spiro atoms. The highest BCUT2D eigenvalue weighted by molar-refractivity contribution is 4.87. The fourth-order valence-corrected chi connectivity index (χ4v) is 3.93. The van der Waals surface area contributed by atoms with Crippen LogP contribution in [0.3, 0.4) is 0 Å². The van der Waals surface area contributed by atoms with Crippen molar-refractivity contribution in [1.29, 1.82) is 0 Å². The van der Waals surface area contributed by atoms with Gasteiger partial charge < -0.3 is 15.7 Å². The van der Waals surface area contributed by atoms with Crippen molar-refractivity contribution in [3.63, 3.8) is 0 Å². The van der Waals surface area contributed by atoms with Crippen molar-refractivity contribution in [1.82, 2.24) is 4.90 Å². The van der Waals surface area contributed by atoms with Crippen LogP contribution in [0.25, 0.3) is 0 Å². The average molecular weight is 268 g/mol. The molecule has 0 radical (unpaired) electrons. The summed E-state index contributed by atoms with van der Waals surface area (Å²) in [7, 11) is 0. The molecule has 1 heterocycles. The van der Waals surface area contributed by atoms with Gasteiger partial charge in [0, 0.05) is 12.6 Å². The van der Waals surface area contributed by atoms with Gasteiger partial charge >= 0.3 is 0 Å². The van der Waals surface area contributed by atoms with Gasteiger partial charge in [-0.25, -0.2) is 0 Å². The Labute approximate surface area is 118 Å². The maximum Gasteiger partial charge on any atom is 0.0741 e. The molecule has 0 aromatic heterocycles. The van der Waals surface area contributed by atoms with Gasteiger partial charge in [-0.2, -0.15) is 0 Å². The van der Waals surface area contributed by atoms with E-state index < -0.39 is 5.60 Å². The van der Waals surface area contributed by atoms with Gasteiger partial charge in [0.15, 0.2) is 0 Å². The van der Waals surface area contributed by atoms with Crippen LogP contribution < -0.4 is 5.73 Å². The molecule has 0 bridgehead atoms. The minimum absolute atomic E-state index is 0.376. The lowest BCUT2D eigenvalue weighted by Crippen LogP contribution is -2.36. The van der Waals surface area contributed by atoms with E-state index >= 15 is 0 Å². The van der Waals surface area contributed by atoms with E-state index in [1.807, 2.05) is 6.92 Å². The third-order valence-electron chi connectivity index (χ3n) is 5.21. The third-order valence-corrected chi connectivity index (χ3v) is 5.21. The van der Waals surface area contributed by atoms with Gasteiger partial charge in [0.1, 0.15) is 0 Å². The summed E-state index contributed by atoms with van der Waals surface area (Å²) in [5.74, 6) is 0.981. The molecule has 0 aromatic carbocycles. The first-order valence-corrected chi connectivity index (χ1v) is 8.29. The number of nitrogens with zero attached hydrogens (tertiary/aromatic N) is 1. The van der Waals surface area contributed by atoms with E-state index in [0.29, 0.717) is 6.54 Å². The second kappa shape index (κ2) is 7.05. The number of hydrogen-bond acceptors (Lipinski definition) is 3. The summed E-state index contributed by atoms with van der Waals surface area (Å²) in [6.45, 7) is 4.75. The predicted octanol–water partition coefficient (Wildman–Crippen LogP) is 2.52. The van der Waals surface area contributed by atoms with Gasteiger partial charge in [0.2, 0.25) is 0 Å². The van der Waals surface area contributed by atoms with E-state index in [1.165, 1.54) is 58.0 Å². The van der Waals surface area contributed by atoms with Crippen LogP contribution in [-0.4, -0.2) is 41.3 Å². The van der Waals surface area contributed by atoms with Crippen molar-refractivity contribution in [2.45, 2.75) is 76.4 Å². The Morgan fingerprint density at radius 2 is 1.89 bits per heavy atom. The number of unbranched alkanes of at least 4 members (excludes halogenated alkanes) is 1. The first kappa shape index (κ1) is 15.3. The van der Waals surface area contributed by atoms with Crippen molar-refractivity contribution in [3.8, 4) is 0 Å². The van der Waals surface area contributed by atoms with Crippen LogP contribution >= 0.6 is 0 Å². The monoisotopic (exact) mass is 268 g/mol. The largest absolute Gasteiger partial charge is 0.389 e. The maximum atomic E-state index is 9.90. The minimum atomic E-state index is -0.657. The van der Waals surface area contributed by atoms with E-state index in [-0.39, 0.29) is 0 Å². The molecule has 19 heavy (non-hydrogen) atoms. The molecule has 2 atom stereocenters. The predicted molar refractivity (Wildman–Crippen MR) is 80.1 cm³/mol. The molecule has 3 nitrogen and oxygen atoms in total. The lowest BCUT2D eigenvalue weighted by molar-refractivity contribution is 0.0558. The van der Waals surface area contributed by atoms with Crippen molar-refractivity contribution in [2.24, 2.45) is 11.7 Å². The van der Waals surface area contributed by atoms with Crippen molar-refractivity contribution in [2.75, 3.05) is 19.6 Å². The molecule has 1 saturated carbocycles. The van der Waals surface area contributed by atoms with Crippen LogP contribution in [0.5, 0.6) is 0 Å². The van der Waals surface area contributed by atoms with Crippen LogP contribution in [0, 0.1) is 5.92 Å². The summed E-state index contributed by atoms with van der Waals surface area (Å²) < 4.78 is 0.